The summed E-state index contributed by atoms with van der Waals surface area (Å²) in [6.07, 6.45) is 11.2. The standard InChI is InChI=1S/C22H36O5/c1-4-5-14-22(2,3)20(25)13-12-17-16(18(23)15-19(17)24)10-8-6-7-9-11-21(26)27/h6,8,12-13,16-18,20,23,25H,4-5,7,9-11,14-15H2,1-3H3,(H,26,27)/b8-6+,13-12+/t16-,17-,18+,20-/m1/s1. The molecule has 1 rings (SSSR count). The second kappa shape index (κ2) is 11.4. The van der Waals surface area contributed by atoms with Crippen molar-refractivity contribution in [3.8, 4) is 0 Å². The molecule has 1 fully saturated rings. The Kier molecular flexibility index (Phi) is 9.95. The molecule has 0 amide bonds. The molecule has 0 heterocycles. The first kappa shape index (κ1) is 23.6. The molecule has 0 aromatic rings. The van der Waals surface area contributed by atoms with Crippen molar-refractivity contribution in [1.82, 2.24) is 0 Å². The van der Waals surface area contributed by atoms with Crippen molar-refractivity contribution < 1.29 is 24.9 Å². The summed E-state index contributed by atoms with van der Waals surface area (Å²) >= 11 is 0. The predicted molar refractivity (Wildman–Crippen MR) is 106 cm³/mol. The van der Waals surface area contributed by atoms with Crippen LogP contribution in [0.4, 0.5) is 0 Å². The molecular formula is C22H36O5. The number of carboxylic acid groups (broad SMARTS) is 1. The van der Waals surface area contributed by atoms with E-state index in [0.29, 0.717) is 19.3 Å². The minimum atomic E-state index is -0.800. The Morgan fingerprint density at radius 2 is 2.00 bits per heavy atom. The largest absolute Gasteiger partial charge is 0.481 e. The molecule has 4 atom stereocenters. The number of ketones is 1. The molecule has 1 aliphatic carbocycles. The molecule has 0 spiro atoms. The van der Waals surface area contributed by atoms with Gasteiger partial charge in [0.15, 0.2) is 0 Å². The van der Waals surface area contributed by atoms with E-state index in [1.54, 1.807) is 12.2 Å². The fourth-order valence-electron chi connectivity index (χ4n) is 3.53. The number of rotatable bonds is 12. The van der Waals surface area contributed by atoms with Gasteiger partial charge in [0.1, 0.15) is 5.78 Å². The molecule has 27 heavy (non-hydrogen) atoms. The number of aliphatic hydroxyl groups is 2. The van der Waals surface area contributed by atoms with Crippen molar-refractivity contribution >= 4 is 11.8 Å². The summed E-state index contributed by atoms with van der Waals surface area (Å²) in [4.78, 5) is 22.8. The highest BCUT2D eigenvalue weighted by Gasteiger charge is 2.39. The highest BCUT2D eigenvalue weighted by molar-refractivity contribution is 5.86. The van der Waals surface area contributed by atoms with Crippen LogP contribution in [0, 0.1) is 17.3 Å². The van der Waals surface area contributed by atoms with Gasteiger partial charge < -0.3 is 15.3 Å². The van der Waals surface area contributed by atoms with Gasteiger partial charge in [-0.25, -0.2) is 0 Å². The fraction of sp³-hybridized carbons (Fsp3) is 0.727. The van der Waals surface area contributed by atoms with Crippen LogP contribution < -0.4 is 0 Å². The molecule has 0 unspecified atom stereocenters. The summed E-state index contributed by atoms with van der Waals surface area (Å²) in [6.45, 7) is 6.18. The Morgan fingerprint density at radius 1 is 1.30 bits per heavy atom. The van der Waals surface area contributed by atoms with E-state index in [1.807, 2.05) is 26.0 Å². The van der Waals surface area contributed by atoms with Gasteiger partial charge in [-0.3, -0.25) is 9.59 Å². The van der Waals surface area contributed by atoms with Gasteiger partial charge in [0.25, 0.3) is 0 Å². The highest BCUT2D eigenvalue weighted by Crippen LogP contribution is 2.35. The minimum absolute atomic E-state index is 0.0154. The highest BCUT2D eigenvalue weighted by atomic mass is 16.4. The van der Waals surface area contributed by atoms with E-state index in [4.69, 9.17) is 5.11 Å². The quantitative estimate of drug-likeness (QED) is 0.353. The molecule has 0 aliphatic heterocycles. The lowest BCUT2D eigenvalue weighted by atomic mass is 9.80. The first-order chi connectivity index (χ1) is 12.7. The summed E-state index contributed by atoms with van der Waals surface area (Å²) in [5, 5.41) is 29.3. The third kappa shape index (κ3) is 7.97. The maximum absolute atomic E-state index is 12.3. The molecular weight excluding hydrogens is 344 g/mol. The zero-order chi connectivity index (χ0) is 20.4. The number of unbranched alkanes of at least 4 members (excludes halogenated alkanes) is 2. The zero-order valence-electron chi connectivity index (χ0n) is 16.9. The average Bonchev–Trinajstić information content (AvgIpc) is 2.86. The lowest BCUT2D eigenvalue weighted by Crippen LogP contribution is -2.28. The number of carboxylic acids is 1. The van der Waals surface area contributed by atoms with E-state index in [0.717, 1.165) is 19.3 Å². The van der Waals surface area contributed by atoms with Gasteiger partial charge in [0.2, 0.25) is 0 Å². The second-order valence-electron chi connectivity index (χ2n) is 8.34. The Morgan fingerprint density at radius 3 is 2.63 bits per heavy atom. The molecule has 1 aliphatic rings. The van der Waals surface area contributed by atoms with Crippen LogP contribution in [0.2, 0.25) is 0 Å². The van der Waals surface area contributed by atoms with Crippen molar-refractivity contribution in [1.29, 1.82) is 0 Å². The monoisotopic (exact) mass is 380 g/mol. The number of carbonyl (C=O) groups excluding carboxylic acids is 1. The van der Waals surface area contributed by atoms with Gasteiger partial charge in [-0.15, -0.1) is 0 Å². The van der Waals surface area contributed by atoms with Gasteiger partial charge in [-0.05, 0) is 31.1 Å². The first-order valence-electron chi connectivity index (χ1n) is 10.1. The fourth-order valence-corrected chi connectivity index (χ4v) is 3.53. The lowest BCUT2D eigenvalue weighted by molar-refractivity contribution is -0.137. The number of aliphatic carboxylic acids is 1. The third-order valence-corrected chi connectivity index (χ3v) is 5.55. The van der Waals surface area contributed by atoms with E-state index < -0.39 is 18.2 Å². The zero-order valence-corrected chi connectivity index (χ0v) is 16.9. The molecule has 0 saturated heterocycles. The van der Waals surface area contributed by atoms with Crippen molar-refractivity contribution in [3.05, 3.63) is 24.3 Å². The average molecular weight is 381 g/mol. The SMILES string of the molecule is CCCCC(C)(C)[C@H](O)/C=C/[C@H]1C(=O)C[C@H](O)[C@@H]1C/C=C/CCCC(=O)O. The van der Waals surface area contributed by atoms with E-state index in [-0.39, 0.29) is 35.9 Å². The molecule has 5 nitrogen and oxygen atoms in total. The van der Waals surface area contributed by atoms with E-state index in [1.165, 1.54) is 0 Å². The number of carbonyl (C=O) groups is 2. The molecule has 5 heteroatoms. The molecule has 0 bridgehead atoms. The normalized spacial score (nSPS) is 24.9. The van der Waals surface area contributed by atoms with Gasteiger partial charge in [0.05, 0.1) is 12.2 Å². The Hall–Kier alpha value is -1.46. The lowest BCUT2D eigenvalue weighted by Gasteiger charge is -2.29. The van der Waals surface area contributed by atoms with Crippen LogP contribution in [0.5, 0.6) is 0 Å². The van der Waals surface area contributed by atoms with Crippen LogP contribution in [0.3, 0.4) is 0 Å². The minimum Gasteiger partial charge on any atom is -0.481 e. The first-order valence-corrected chi connectivity index (χ1v) is 10.1. The molecule has 1 saturated carbocycles. The van der Waals surface area contributed by atoms with Crippen molar-refractivity contribution in [2.75, 3.05) is 0 Å². The molecule has 0 radical (unpaired) electrons. The van der Waals surface area contributed by atoms with Crippen LogP contribution >= 0.6 is 0 Å². The van der Waals surface area contributed by atoms with Gasteiger partial charge in [-0.1, -0.05) is 57.9 Å². The van der Waals surface area contributed by atoms with Crippen LogP contribution in [0.25, 0.3) is 0 Å². The maximum Gasteiger partial charge on any atom is 0.303 e. The summed E-state index contributed by atoms with van der Waals surface area (Å²) in [5.74, 6) is -1.34. The van der Waals surface area contributed by atoms with E-state index >= 15 is 0 Å². The van der Waals surface area contributed by atoms with Crippen LogP contribution in [-0.4, -0.2) is 39.3 Å². The number of hydrogen-bond donors (Lipinski definition) is 3. The van der Waals surface area contributed by atoms with E-state index in [9.17, 15) is 19.8 Å². The maximum atomic E-state index is 12.3. The summed E-state index contributed by atoms with van der Waals surface area (Å²) in [6, 6.07) is 0. The van der Waals surface area contributed by atoms with E-state index in [2.05, 4.69) is 6.92 Å². The van der Waals surface area contributed by atoms with Crippen LogP contribution in [0.15, 0.2) is 24.3 Å². The second-order valence-corrected chi connectivity index (χ2v) is 8.34. The van der Waals surface area contributed by atoms with Crippen molar-refractivity contribution in [3.63, 3.8) is 0 Å². The summed E-state index contributed by atoms with van der Waals surface area (Å²) in [7, 11) is 0. The van der Waals surface area contributed by atoms with Crippen molar-refractivity contribution in [2.24, 2.45) is 17.3 Å². The van der Waals surface area contributed by atoms with Gasteiger partial charge in [-0.2, -0.15) is 0 Å². The Labute approximate surface area is 163 Å². The van der Waals surface area contributed by atoms with Gasteiger partial charge in [0, 0.05) is 24.7 Å². The number of hydrogen-bond acceptors (Lipinski definition) is 4. The predicted octanol–water partition coefficient (Wildman–Crippen LogP) is 3.89. The van der Waals surface area contributed by atoms with Gasteiger partial charge >= 0.3 is 5.97 Å². The van der Waals surface area contributed by atoms with Crippen LogP contribution in [0.1, 0.15) is 72.1 Å². The third-order valence-electron chi connectivity index (χ3n) is 5.55. The Bertz CT molecular complexity index is 535. The molecule has 154 valence electrons. The molecule has 0 aromatic carbocycles. The number of allylic oxidation sites excluding steroid dienone is 3. The Balaban J connectivity index is 2.63. The summed E-state index contributed by atoms with van der Waals surface area (Å²) in [5.41, 5.74) is -0.244. The number of aliphatic hydroxyl groups excluding tert-OH is 2. The van der Waals surface area contributed by atoms with Crippen molar-refractivity contribution in [2.45, 2.75) is 84.3 Å². The smallest absolute Gasteiger partial charge is 0.303 e. The molecule has 3 N–H and O–H groups in total. The number of Topliss-reactive ketones (excluding diaryl/α,β-unsaturated/α-hetero) is 1. The van der Waals surface area contributed by atoms with Crippen LogP contribution in [-0.2, 0) is 9.59 Å². The topological polar surface area (TPSA) is 94.8 Å². The molecule has 0 aromatic heterocycles. The summed E-state index contributed by atoms with van der Waals surface area (Å²) < 4.78 is 0.